The minimum atomic E-state index is 0.327. The second-order valence-corrected chi connectivity index (χ2v) is 5.36. The van der Waals surface area contributed by atoms with Crippen molar-refractivity contribution in [3.8, 4) is 17.2 Å². The first-order chi connectivity index (χ1) is 10.8. The SMILES string of the molecule is COc1cc(CN[C@@H](C)Cn2ccnc2)cc2c1OCCO2. The molecule has 1 atom stereocenters. The van der Waals surface area contributed by atoms with Crippen LogP contribution >= 0.6 is 0 Å². The summed E-state index contributed by atoms with van der Waals surface area (Å²) in [4.78, 5) is 4.05. The van der Waals surface area contributed by atoms with E-state index in [2.05, 4.69) is 21.8 Å². The quantitative estimate of drug-likeness (QED) is 0.882. The van der Waals surface area contributed by atoms with E-state index in [4.69, 9.17) is 14.2 Å². The minimum absolute atomic E-state index is 0.327. The van der Waals surface area contributed by atoms with Gasteiger partial charge in [-0.2, -0.15) is 0 Å². The Bertz CT molecular complexity index is 596. The van der Waals surface area contributed by atoms with Crippen LogP contribution in [0.4, 0.5) is 0 Å². The molecule has 0 aliphatic carbocycles. The lowest BCUT2D eigenvalue weighted by atomic mass is 10.1. The zero-order valence-electron chi connectivity index (χ0n) is 12.9. The molecule has 0 unspecified atom stereocenters. The van der Waals surface area contributed by atoms with Gasteiger partial charge in [0.1, 0.15) is 13.2 Å². The average molecular weight is 303 g/mol. The summed E-state index contributed by atoms with van der Waals surface area (Å²) in [6.07, 6.45) is 5.58. The number of hydrogen-bond donors (Lipinski definition) is 1. The van der Waals surface area contributed by atoms with Crippen molar-refractivity contribution in [3.05, 3.63) is 36.4 Å². The van der Waals surface area contributed by atoms with Crippen molar-refractivity contribution in [3.63, 3.8) is 0 Å². The van der Waals surface area contributed by atoms with Gasteiger partial charge in [-0.15, -0.1) is 0 Å². The van der Waals surface area contributed by atoms with Gasteiger partial charge in [0.25, 0.3) is 0 Å². The zero-order chi connectivity index (χ0) is 15.4. The van der Waals surface area contributed by atoms with Crippen molar-refractivity contribution < 1.29 is 14.2 Å². The number of aromatic nitrogens is 2. The van der Waals surface area contributed by atoms with E-state index < -0.39 is 0 Å². The van der Waals surface area contributed by atoms with Crippen molar-refractivity contribution in [1.29, 1.82) is 0 Å². The Balaban J connectivity index is 1.64. The molecule has 0 saturated heterocycles. The van der Waals surface area contributed by atoms with E-state index in [-0.39, 0.29) is 0 Å². The molecule has 2 aromatic rings. The van der Waals surface area contributed by atoms with E-state index in [1.54, 1.807) is 13.3 Å². The summed E-state index contributed by atoms with van der Waals surface area (Å²) in [7, 11) is 1.65. The molecule has 0 saturated carbocycles. The van der Waals surface area contributed by atoms with E-state index in [1.807, 2.05) is 24.7 Å². The van der Waals surface area contributed by atoms with Gasteiger partial charge in [-0.05, 0) is 24.6 Å². The number of rotatable bonds is 6. The predicted molar refractivity (Wildman–Crippen MR) is 82.5 cm³/mol. The lowest BCUT2D eigenvalue weighted by Crippen LogP contribution is -2.29. The molecule has 1 aromatic heterocycles. The largest absolute Gasteiger partial charge is 0.493 e. The summed E-state index contributed by atoms with van der Waals surface area (Å²) in [5, 5.41) is 3.49. The zero-order valence-corrected chi connectivity index (χ0v) is 12.9. The molecule has 0 radical (unpaired) electrons. The molecule has 6 heteroatoms. The molecule has 1 aliphatic rings. The predicted octanol–water partition coefficient (Wildman–Crippen LogP) is 1.84. The fourth-order valence-electron chi connectivity index (χ4n) is 2.50. The summed E-state index contributed by atoms with van der Waals surface area (Å²) >= 11 is 0. The molecule has 0 spiro atoms. The highest BCUT2D eigenvalue weighted by molar-refractivity contribution is 5.54. The third-order valence-electron chi connectivity index (χ3n) is 3.59. The van der Waals surface area contributed by atoms with Gasteiger partial charge in [-0.3, -0.25) is 0 Å². The normalized spacial score (nSPS) is 14.6. The van der Waals surface area contributed by atoms with E-state index in [0.29, 0.717) is 25.0 Å². The highest BCUT2D eigenvalue weighted by Gasteiger charge is 2.18. The van der Waals surface area contributed by atoms with Crippen molar-refractivity contribution >= 4 is 0 Å². The van der Waals surface area contributed by atoms with Crippen LogP contribution in [0, 0.1) is 0 Å². The van der Waals surface area contributed by atoms with E-state index in [9.17, 15) is 0 Å². The maximum atomic E-state index is 5.65. The fourth-order valence-corrected chi connectivity index (χ4v) is 2.50. The van der Waals surface area contributed by atoms with Gasteiger partial charge in [-0.1, -0.05) is 0 Å². The molecule has 0 fully saturated rings. The van der Waals surface area contributed by atoms with Crippen LogP contribution in [-0.4, -0.2) is 35.9 Å². The first-order valence-electron chi connectivity index (χ1n) is 7.42. The monoisotopic (exact) mass is 303 g/mol. The van der Waals surface area contributed by atoms with Gasteiger partial charge in [0.15, 0.2) is 11.5 Å². The topological polar surface area (TPSA) is 57.5 Å². The third kappa shape index (κ3) is 3.33. The molecule has 1 aromatic carbocycles. The number of nitrogens with one attached hydrogen (secondary N) is 1. The van der Waals surface area contributed by atoms with Crippen LogP contribution in [0.1, 0.15) is 12.5 Å². The van der Waals surface area contributed by atoms with Crippen molar-refractivity contribution in [2.24, 2.45) is 0 Å². The fraction of sp³-hybridized carbons (Fsp3) is 0.438. The Labute approximate surface area is 130 Å². The summed E-state index contributed by atoms with van der Waals surface area (Å²) in [6.45, 7) is 4.90. The van der Waals surface area contributed by atoms with Gasteiger partial charge in [0.05, 0.1) is 13.4 Å². The maximum Gasteiger partial charge on any atom is 0.203 e. The van der Waals surface area contributed by atoms with Crippen LogP contribution in [0.5, 0.6) is 17.2 Å². The molecule has 0 amide bonds. The van der Waals surface area contributed by atoms with Crippen LogP contribution < -0.4 is 19.5 Å². The number of benzene rings is 1. The Morgan fingerprint density at radius 2 is 2.23 bits per heavy atom. The summed E-state index contributed by atoms with van der Waals surface area (Å²) < 4.78 is 18.7. The molecule has 1 aliphatic heterocycles. The Morgan fingerprint density at radius 1 is 1.36 bits per heavy atom. The lowest BCUT2D eigenvalue weighted by Gasteiger charge is -2.22. The van der Waals surface area contributed by atoms with Crippen molar-refractivity contribution in [1.82, 2.24) is 14.9 Å². The number of ether oxygens (including phenoxy) is 3. The first kappa shape index (κ1) is 14.7. The molecule has 2 heterocycles. The molecule has 118 valence electrons. The van der Waals surface area contributed by atoms with Crippen molar-refractivity contribution in [2.75, 3.05) is 20.3 Å². The molecular formula is C16H21N3O3. The number of fused-ring (bicyclic) bond motifs is 1. The number of nitrogens with zero attached hydrogens (tertiary/aromatic N) is 2. The highest BCUT2D eigenvalue weighted by atomic mass is 16.6. The smallest absolute Gasteiger partial charge is 0.203 e. The molecular weight excluding hydrogens is 282 g/mol. The maximum absolute atomic E-state index is 5.65. The van der Waals surface area contributed by atoms with Gasteiger partial charge in [0.2, 0.25) is 5.75 Å². The molecule has 22 heavy (non-hydrogen) atoms. The van der Waals surface area contributed by atoms with Crippen molar-refractivity contribution in [2.45, 2.75) is 26.1 Å². The summed E-state index contributed by atoms with van der Waals surface area (Å²) in [5.74, 6) is 2.17. The van der Waals surface area contributed by atoms with Crippen LogP contribution in [0.2, 0.25) is 0 Å². The van der Waals surface area contributed by atoms with E-state index in [1.165, 1.54) is 0 Å². The highest BCUT2D eigenvalue weighted by Crippen LogP contribution is 2.40. The Hall–Kier alpha value is -2.21. The second kappa shape index (κ2) is 6.70. The van der Waals surface area contributed by atoms with Gasteiger partial charge in [0, 0.05) is 31.5 Å². The van der Waals surface area contributed by atoms with Gasteiger partial charge in [-0.25, -0.2) is 4.98 Å². The standard InChI is InChI=1S/C16H21N3O3/c1-12(10-19-4-3-17-11-19)18-9-13-7-14(20-2)16-15(8-13)21-5-6-22-16/h3-4,7-8,11-12,18H,5-6,9-10H2,1-2H3/t12-/m0/s1. The second-order valence-electron chi connectivity index (χ2n) is 5.36. The molecule has 3 rings (SSSR count). The number of hydrogen-bond acceptors (Lipinski definition) is 5. The van der Waals surface area contributed by atoms with E-state index >= 15 is 0 Å². The Kier molecular flexibility index (Phi) is 4.48. The molecule has 0 bridgehead atoms. The Morgan fingerprint density at radius 3 is 3.00 bits per heavy atom. The summed E-state index contributed by atoms with van der Waals surface area (Å²) in [5.41, 5.74) is 1.11. The summed E-state index contributed by atoms with van der Waals surface area (Å²) in [6, 6.07) is 4.33. The van der Waals surface area contributed by atoms with Crippen LogP contribution in [0.15, 0.2) is 30.9 Å². The van der Waals surface area contributed by atoms with Gasteiger partial charge < -0.3 is 24.1 Å². The molecule has 6 nitrogen and oxygen atoms in total. The minimum Gasteiger partial charge on any atom is -0.493 e. The van der Waals surface area contributed by atoms with Crippen LogP contribution in [0.3, 0.4) is 0 Å². The van der Waals surface area contributed by atoms with Gasteiger partial charge >= 0.3 is 0 Å². The number of methoxy groups -OCH3 is 1. The number of imidazole rings is 1. The van der Waals surface area contributed by atoms with Crippen LogP contribution in [0.25, 0.3) is 0 Å². The first-order valence-corrected chi connectivity index (χ1v) is 7.42. The van der Waals surface area contributed by atoms with Crippen LogP contribution in [-0.2, 0) is 13.1 Å². The third-order valence-corrected chi connectivity index (χ3v) is 3.59. The average Bonchev–Trinajstić information content (AvgIpc) is 3.05. The van der Waals surface area contributed by atoms with E-state index in [0.717, 1.165) is 30.2 Å². The lowest BCUT2D eigenvalue weighted by molar-refractivity contribution is 0.165. The molecule has 1 N–H and O–H groups in total.